The highest BCUT2D eigenvalue weighted by Crippen LogP contribution is 2.61. The number of hydrogen-bond acceptors (Lipinski definition) is 7. The number of likely N-dealkylation sites (N-methyl/N-ethyl adjacent to an activating group) is 1. The van der Waals surface area contributed by atoms with Crippen molar-refractivity contribution in [3.8, 4) is 11.5 Å². The molecule has 0 N–H and O–H groups in total. The van der Waals surface area contributed by atoms with Crippen LogP contribution in [-0.4, -0.2) is 67.7 Å². The quantitative estimate of drug-likeness (QED) is 0.531. The maximum atomic E-state index is 13.3. The van der Waals surface area contributed by atoms with Gasteiger partial charge < -0.3 is 19.2 Å². The minimum absolute atomic E-state index is 0.00240. The molecule has 1 saturated heterocycles. The number of benzene rings is 2. The Hall–Kier alpha value is -3.39. The van der Waals surface area contributed by atoms with Gasteiger partial charge in [0.1, 0.15) is 12.7 Å². The molecule has 6 rings (SSSR count). The number of hydrogen-bond donors (Lipinski definition) is 0. The van der Waals surface area contributed by atoms with Gasteiger partial charge in [0, 0.05) is 30.5 Å². The highest BCUT2D eigenvalue weighted by atomic mass is 16.6. The first-order chi connectivity index (χ1) is 17.5. The van der Waals surface area contributed by atoms with Crippen LogP contribution in [0.15, 0.2) is 53.7 Å². The van der Waals surface area contributed by atoms with Crippen LogP contribution in [0.1, 0.15) is 17.5 Å². The van der Waals surface area contributed by atoms with E-state index in [-0.39, 0.29) is 47.5 Å². The molecular weight excluding hydrogens is 458 g/mol. The van der Waals surface area contributed by atoms with Crippen molar-refractivity contribution < 1.29 is 23.9 Å². The molecule has 2 aromatic rings. The first kappa shape index (κ1) is 23.0. The molecule has 36 heavy (non-hydrogen) atoms. The van der Waals surface area contributed by atoms with Crippen LogP contribution in [0.5, 0.6) is 11.5 Å². The fourth-order valence-corrected chi connectivity index (χ4v) is 6.63. The third-order valence-corrected chi connectivity index (χ3v) is 8.25. The Morgan fingerprint density at radius 3 is 2.47 bits per heavy atom. The van der Waals surface area contributed by atoms with Crippen molar-refractivity contribution in [2.75, 3.05) is 34.3 Å². The Morgan fingerprint density at radius 1 is 1.00 bits per heavy atom. The summed E-state index contributed by atoms with van der Waals surface area (Å²) in [6.45, 7) is 1.55. The van der Waals surface area contributed by atoms with Crippen molar-refractivity contribution in [2.24, 2.45) is 34.7 Å². The topological polar surface area (TPSA) is 80.7 Å². The number of fused-ring (bicyclic) bond motifs is 8. The molecule has 6 unspecified atom stereocenters. The Kier molecular flexibility index (Phi) is 5.71. The van der Waals surface area contributed by atoms with E-state index in [1.54, 1.807) is 7.11 Å². The number of likely N-dealkylation sites (tertiary alicyclic amines) is 1. The van der Waals surface area contributed by atoms with Crippen LogP contribution >= 0.6 is 0 Å². The molecule has 3 fully saturated rings. The number of ether oxygens (including phenoxy) is 2. The summed E-state index contributed by atoms with van der Waals surface area (Å²) in [6.07, 6.45) is 0.676. The smallest absolute Gasteiger partial charge is 0.233 e. The molecule has 8 nitrogen and oxygen atoms in total. The molecule has 4 aliphatic rings. The lowest BCUT2D eigenvalue weighted by Crippen LogP contribution is -2.41. The lowest BCUT2D eigenvalue weighted by Gasteiger charge is -2.30. The summed E-state index contributed by atoms with van der Waals surface area (Å²) >= 11 is 0. The van der Waals surface area contributed by atoms with Gasteiger partial charge in [-0.25, -0.2) is 0 Å². The van der Waals surface area contributed by atoms with Crippen molar-refractivity contribution in [1.82, 2.24) is 9.80 Å². The summed E-state index contributed by atoms with van der Waals surface area (Å²) in [7, 11) is 5.52. The number of carbonyl (C=O) groups excluding carboxylic acids is 2. The first-order valence-corrected chi connectivity index (χ1v) is 12.6. The molecule has 0 radical (unpaired) electrons. The summed E-state index contributed by atoms with van der Waals surface area (Å²) in [4.78, 5) is 35.9. The van der Waals surface area contributed by atoms with Gasteiger partial charge in [-0.15, -0.1) is 0 Å². The average Bonchev–Trinajstić information content (AvgIpc) is 3.63. The number of carbonyl (C=O) groups is 2. The number of methoxy groups -OCH3 is 1. The van der Waals surface area contributed by atoms with Crippen molar-refractivity contribution >= 4 is 17.5 Å². The fourth-order valence-electron chi connectivity index (χ4n) is 6.63. The lowest BCUT2D eigenvalue weighted by atomic mass is 9.71. The van der Waals surface area contributed by atoms with E-state index in [1.165, 1.54) is 4.90 Å². The SMILES string of the molecule is COc1cc(C2=NOC3C4CC(C23)C2C(=O)N(CCN(C)C)C(=O)C42)ccc1OCc1ccccc1. The van der Waals surface area contributed by atoms with E-state index in [0.29, 0.717) is 31.2 Å². The van der Waals surface area contributed by atoms with Gasteiger partial charge in [-0.2, -0.15) is 0 Å². The summed E-state index contributed by atoms with van der Waals surface area (Å²) in [5, 5.41) is 4.46. The van der Waals surface area contributed by atoms with E-state index < -0.39 is 0 Å². The van der Waals surface area contributed by atoms with Gasteiger partial charge in [0.2, 0.25) is 11.8 Å². The number of rotatable bonds is 8. The third-order valence-electron chi connectivity index (χ3n) is 8.25. The third kappa shape index (κ3) is 3.58. The maximum Gasteiger partial charge on any atom is 0.233 e. The number of oxime groups is 1. The van der Waals surface area contributed by atoms with Crippen molar-refractivity contribution in [1.29, 1.82) is 0 Å². The number of nitrogens with zero attached hydrogens (tertiary/aromatic N) is 3. The average molecular weight is 490 g/mol. The highest BCUT2D eigenvalue weighted by Gasteiger charge is 2.70. The van der Waals surface area contributed by atoms with Gasteiger partial charge >= 0.3 is 0 Å². The molecule has 2 aromatic carbocycles. The van der Waals surface area contributed by atoms with Crippen LogP contribution in [-0.2, 0) is 21.0 Å². The van der Waals surface area contributed by atoms with Crippen LogP contribution in [0.25, 0.3) is 0 Å². The van der Waals surface area contributed by atoms with E-state index in [1.807, 2.05) is 67.5 Å². The molecule has 188 valence electrons. The van der Waals surface area contributed by atoms with Gasteiger partial charge in [-0.3, -0.25) is 14.5 Å². The van der Waals surface area contributed by atoms with E-state index >= 15 is 0 Å². The predicted octanol–water partition coefficient (Wildman–Crippen LogP) is 2.81. The van der Waals surface area contributed by atoms with E-state index in [2.05, 4.69) is 5.16 Å². The summed E-state index contributed by atoms with van der Waals surface area (Å²) in [5.74, 6) is 0.775. The van der Waals surface area contributed by atoms with Gasteiger partial charge in [0.15, 0.2) is 11.5 Å². The van der Waals surface area contributed by atoms with E-state index in [9.17, 15) is 9.59 Å². The zero-order valence-corrected chi connectivity index (χ0v) is 20.8. The zero-order valence-electron chi connectivity index (χ0n) is 20.8. The number of imide groups is 1. The summed E-state index contributed by atoms with van der Waals surface area (Å²) < 4.78 is 11.7. The van der Waals surface area contributed by atoms with Gasteiger partial charge in [-0.1, -0.05) is 35.5 Å². The Balaban J connectivity index is 1.21. The second kappa shape index (κ2) is 8.92. The van der Waals surface area contributed by atoms with E-state index in [0.717, 1.165) is 23.3 Å². The number of amides is 2. The molecule has 2 aliphatic carbocycles. The minimum Gasteiger partial charge on any atom is -0.493 e. The van der Waals surface area contributed by atoms with E-state index in [4.69, 9.17) is 14.3 Å². The normalized spacial score (nSPS) is 29.9. The largest absolute Gasteiger partial charge is 0.493 e. The highest BCUT2D eigenvalue weighted by molar-refractivity contribution is 6.09. The van der Waals surface area contributed by atoms with Crippen LogP contribution in [0.3, 0.4) is 0 Å². The maximum absolute atomic E-state index is 13.3. The summed E-state index contributed by atoms with van der Waals surface area (Å²) in [5.41, 5.74) is 2.81. The molecule has 8 heteroatoms. The van der Waals surface area contributed by atoms with Crippen LogP contribution in [0.2, 0.25) is 0 Å². The fraction of sp³-hybridized carbons (Fsp3) is 0.464. The molecule has 2 saturated carbocycles. The van der Waals surface area contributed by atoms with Crippen molar-refractivity contribution in [3.05, 3.63) is 59.7 Å². The van der Waals surface area contributed by atoms with Crippen molar-refractivity contribution in [3.63, 3.8) is 0 Å². The van der Waals surface area contributed by atoms with Gasteiger partial charge in [-0.05, 0) is 50.2 Å². The van der Waals surface area contributed by atoms with Crippen LogP contribution in [0.4, 0.5) is 0 Å². The van der Waals surface area contributed by atoms with Crippen LogP contribution in [0, 0.1) is 29.6 Å². The zero-order chi connectivity index (χ0) is 25.0. The standard InChI is InChI=1S/C28H31N3O5/c1-30(2)11-12-31-27(32)22-18-14-19(23(22)28(31)33)26-24(18)25(29-36-26)17-9-10-20(21(13-17)34-3)35-15-16-7-5-4-6-8-16/h4-10,13,18-19,22-24,26H,11-12,14-15H2,1-3H3. The van der Waals surface area contributed by atoms with Gasteiger partial charge in [0.25, 0.3) is 0 Å². The molecule has 0 aromatic heterocycles. The monoisotopic (exact) mass is 489 g/mol. The molecule has 2 aliphatic heterocycles. The molecule has 2 heterocycles. The van der Waals surface area contributed by atoms with Crippen molar-refractivity contribution in [2.45, 2.75) is 19.1 Å². The predicted molar refractivity (Wildman–Crippen MR) is 133 cm³/mol. The second-order valence-electron chi connectivity index (χ2n) is 10.5. The first-order valence-electron chi connectivity index (χ1n) is 12.6. The molecule has 0 spiro atoms. The lowest BCUT2D eigenvalue weighted by molar-refractivity contribution is -0.141. The Labute approximate surface area is 210 Å². The molecule has 2 amide bonds. The Bertz CT molecular complexity index is 1210. The molecule has 2 bridgehead atoms. The van der Waals surface area contributed by atoms with Crippen LogP contribution < -0.4 is 9.47 Å². The molecule has 6 atom stereocenters. The second-order valence-corrected chi connectivity index (χ2v) is 10.5. The Morgan fingerprint density at radius 2 is 1.75 bits per heavy atom. The molecular formula is C28H31N3O5. The van der Waals surface area contributed by atoms with Gasteiger partial charge in [0.05, 0.1) is 24.7 Å². The summed E-state index contributed by atoms with van der Waals surface area (Å²) in [6, 6.07) is 15.8. The minimum atomic E-state index is -0.274.